The third-order valence-electron chi connectivity index (χ3n) is 4.61. The molecule has 0 radical (unpaired) electrons. The zero-order chi connectivity index (χ0) is 15.5. The molecule has 0 amide bonds. The fraction of sp³-hybridized carbons (Fsp3) is 0.444. The van der Waals surface area contributed by atoms with Crippen LogP contribution >= 0.6 is 0 Å². The maximum Gasteiger partial charge on any atom is 0.225 e. The molecule has 2 aliphatic heterocycles. The van der Waals surface area contributed by atoms with Gasteiger partial charge >= 0.3 is 0 Å². The number of aromatic nitrogens is 2. The van der Waals surface area contributed by atoms with E-state index < -0.39 is 0 Å². The van der Waals surface area contributed by atoms with Gasteiger partial charge in [-0.05, 0) is 36.1 Å². The predicted octanol–water partition coefficient (Wildman–Crippen LogP) is 2.17. The highest BCUT2D eigenvalue weighted by Gasteiger charge is 2.21. The van der Waals surface area contributed by atoms with Crippen molar-refractivity contribution in [2.75, 3.05) is 24.6 Å². The van der Waals surface area contributed by atoms with E-state index in [-0.39, 0.29) is 0 Å². The topological polar surface area (TPSA) is 50.3 Å². The van der Waals surface area contributed by atoms with Gasteiger partial charge in [0.25, 0.3) is 0 Å². The van der Waals surface area contributed by atoms with Gasteiger partial charge in [0.05, 0.1) is 6.61 Å². The Morgan fingerprint density at radius 2 is 2.17 bits per heavy atom. The number of nitrogens with zero attached hydrogens (tertiary/aromatic N) is 3. The first-order valence-electron chi connectivity index (χ1n) is 8.38. The Kier molecular flexibility index (Phi) is 4.11. The third-order valence-corrected chi connectivity index (χ3v) is 4.61. The van der Waals surface area contributed by atoms with E-state index in [1.54, 1.807) is 0 Å². The van der Waals surface area contributed by atoms with Crippen LogP contribution in [0, 0.1) is 0 Å². The molecule has 1 saturated heterocycles. The lowest BCUT2D eigenvalue weighted by Crippen LogP contribution is -2.46. The van der Waals surface area contributed by atoms with Crippen LogP contribution in [0.5, 0.6) is 5.75 Å². The van der Waals surface area contributed by atoms with Crippen LogP contribution in [0.2, 0.25) is 0 Å². The van der Waals surface area contributed by atoms with Crippen molar-refractivity contribution in [1.29, 1.82) is 0 Å². The molecule has 0 saturated carbocycles. The summed E-state index contributed by atoms with van der Waals surface area (Å²) in [5.41, 5.74) is 2.68. The number of anilines is 1. The Labute approximate surface area is 136 Å². The van der Waals surface area contributed by atoms with Crippen molar-refractivity contribution in [3.63, 3.8) is 0 Å². The molecule has 3 heterocycles. The summed E-state index contributed by atoms with van der Waals surface area (Å²) >= 11 is 0. The van der Waals surface area contributed by atoms with Gasteiger partial charge in [-0.1, -0.05) is 12.1 Å². The highest BCUT2D eigenvalue weighted by molar-refractivity contribution is 5.39. The van der Waals surface area contributed by atoms with Gasteiger partial charge in [-0.15, -0.1) is 0 Å². The van der Waals surface area contributed by atoms with Gasteiger partial charge in [0.2, 0.25) is 5.95 Å². The summed E-state index contributed by atoms with van der Waals surface area (Å²) in [6.07, 6.45) is 7.04. The molecular weight excluding hydrogens is 288 g/mol. The van der Waals surface area contributed by atoms with E-state index in [1.165, 1.54) is 24.0 Å². The van der Waals surface area contributed by atoms with Crippen molar-refractivity contribution in [2.45, 2.75) is 31.8 Å². The molecule has 0 aliphatic carbocycles. The number of benzene rings is 1. The van der Waals surface area contributed by atoms with E-state index in [9.17, 15) is 0 Å². The summed E-state index contributed by atoms with van der Waals surface area (Å²) < 4.78 is 5.57. The Balaban J connectivity index is 1.35. The van der Waals surface area contributed by atoms with Crippen LogP contribution in [0.1, 0.15) is 24.0 Å². The second kappa shape index (κ2) is 6.54. The van der Waals surface area contributed by atoms with Gasteiger partial charge in [0.15, 0.2) is 0 Å². The molecule has 1 fully saturated rings. The molecule has 2 aromatic rings. The summed E-state index contributed by atoms with van der Waals surface area (Å²) in [7, 11) is 0. The quantitative estimate of drug-likeness (QED) is 0.938. The Hall–Kier alpha value is -2.14. The minimum atomic E-state index is 0.483. The average Bonchev–Trinajstić information content (AvgIpc) is 3.09. The van der Waals surface area contributed by atoms with Crippen LogP contribution in [0.15, 0.2) is 36.7 Å². The Morgan fingerprint density at radius 3 is 3.09 bits per heavy atom. The zero-order valence-corrected chi connectivity index (χ0v) is 13.2. The Morgan fingerprint density at radius 1 is 1.26 bits per heavy atom. The lowest BCUT2D eigenvalue weighted by atomic mass is 10.0. The second-order valence-corrected chi connectivity index (χ2v) is 6.26. The molecule has 120 valence electrons. The maximum atomic E-state index is 5.57. The zero-order valence-electron chi connectivity index (χ0n) is 13.2. The van der Waals surface area contributed by atoms with Crippen LogP contribution in [0.4, 0.5) is 5.95 Å². The number of ether oxygens (including phenoxy) is 1. The van der Waals surface area contributed by atoms with Crippen LogP contribution in [-0.2, 0) is 13.0 Å². The average molecular weight is 310 g/mol. The summed E-state index contributed by atoms with van der Waals surface area (Å²) in [5, 5.41) is 3.69. The smallest absolute Gasteiger partial charge is 0.225 e. The number of piperidine rings is 1. The van der Waals surface area contributed by atoms with E-state index in [2.05, 4.69) is 38.4 Å². The normalized spacial score (nSPS) is 20.2. The van der Waals surface area contributed by atoms with E-state index in [1.807, 2.05) is 18.5 Å². The highest BCUT2D eigenvalue weighted by Crippen LogP contribution is 2.26. The molecule has 1 aromatic heterocycles. The molecule has 0 spiro atoms. The van der Waals surface area contributed by atoms with Crippen molar-refractivity contribution in [1.82, 2.24) is 15.3 Å². The fourth-order valence-electron chi connectivity index (χ4n) is 3.39. The second-order valence-electron chi connectivity index (χ2n) is 6.26. The number of hydrogen-bond acceptors (Lipinski definition) is 5. The molecule has 5 nitrogen and oxygen atoms in total. The molecular formula is C18H22N4O. The molecule has 4 rings (SSSR count). The van der Waals surface area contributed by atoms with Crippen molar-refractivity contribution < 1.29 is 4.74 Å². The van der Waals surface area contributed by atoms with Gasteiger partial charge in [0, 0.05) is 44.5 Å². The fourth-order valence-corrected chi connectivity index (χ4v) is 3.39. The van der Waals surface area contributed by atoms with E-state index in [0.29, 0.717) is 6.04 Å². The maximum absolute atomic E-state index is 5.57. The first kappa shape index (κ1) is 14.5. The summed E-state index contributed by atoms with van der Waals surface area (Å²) in [4.78, 5) is 11.0. The standard InChI is InChI=1S/C18H22N4O/c1-3-16(13-22(9-1)18-19-7-2-8-20-18)21-12-14-4-5-17-15(11-14)6-10-23-17/h2,4-5,7-8,11,16,21H,1,3,6,9-10,12-13H2. The molecule has 23 heavy (non-hydrogen) atoms. The molecule has 5 heteroatoms. The van der Waals surface area contributed by atoms with Gasteiger partial charge in [-0.3, -0.25) is 0 Å². The summed E-state index contributed by atoms with van der Waals surface area (Å²) in [6, 6.07) is 8.89. The minimum Gasteiger partial charge on any atom is -0.493 e. The minimum absolute atomic E-state index is 0.483. The first-order chi connectivity index (χ1) is 11.4. The molecule has 1 unspecified atom stereocenters. The van der Waals surface area contributed by atoms with E-state index in [0.717, 1.165) is 44.4 Å². The van der Waals surface area contributed by atoms with Crippen molar-refractivity contribution in [3.8, 4) is 5.75 Å². The summed E-state index contributed by atoms with van der Waals surface area (Å²) in [6.45, 7) is 3.73. The van der Waals surface area contributed by atoms with Crippen LogP contribution < -0.4 is 15.0 Å². The van der Waals surface area contributed by atoms with E-state index in [4.69, 9.17) is 4.74 Å². The van der Waals surface area contributed by atoms with Gasteiger partial charge in [-0.25, -0.2) is 9.97 Å². The van der Waals surface area contributed by atoms with Crippen LogP contribution in [0.3, 0.4) is 0 Å². The molecule has 1 aromatic carbocycles. The lowest BCUT2D eigenvalue weighted by Gasteiger charge is -2.33. The molecule has 1 atom stereocenters. The number of fused-ring (bicyclic) bond motifs is 1. The number of rotatable bonds is 4. The SMILES string of the molecule is c1cnc(N2CCCC(NCc3ccc4c(c3)CCO4)C2)nc1. The van der Waals surface area contributed by atoms with Crippen molar-refractivity contribution >= 4 is 5.95 Å². The predicted molar refractivity (Wildman–Crippen MR) is 89.7 cm³/mol. The van der Waals surface area contributed by atoms with Crippen LogP contribution in [-0.4, -0.2) is 35.7 Å². The molecule has 1 N–H and O–H groups in total. The van der Waals surface area contributed by atoms with Gasteiger partial charge in [-0.2, -0.15) is 0 Å². The van der Waals surface area contributed by atoms with Gasteiger partial charge < -0.3 is 15.0 Å². The summed E-state index contributed by atoms with van der Waals surface area (Å²) in [5.74, 6) is 1.90. The largest absolute Gasteiger partial charge is 0.493 e. The molecule has 0 bridgehead atoms. The highest BCUT2D eigenvalue weighted by atomic mass is 16.5. The van der Waals surface area contributed by atoms with Crippen molar-refractivity contribution in [3.05, 3.63) is 47.8 Å². The lowest BCUT2D eigenvalue weighted by molar-refractivity contribution is 0.356. The molecule has 2 aliphatic rings. The number of hydrogen-bond donors (Lipinski definition) is 1. The van der Waals surface area contributed by atoms with Crippen molar-refractivity contribution in [2.24, 2.45) is 0 Å². The Bertz CT molecular complexity index is 661. The third kappa shape index (κ3) is 3.29. The monoisotopic (exact) mass is 310 g/mol. The number of nitrogens with one attached hydrogen (secondary N) is 1. The van der Waals surface area contributed by atoms with Gasteiger partial charge in [0.1, 0.15) is 5.75 Å². The van der Waals surface area contributed by atoms with E-state index >= 15 is 0 Å². The first-order valence-corrected chi connectivity index (χ1v) is 8.38. The van der Waals surface area contributed by atoms with Crippen LogP contribution in [0.25, 0.3) is 0 Å².